The van der Waals surface area contributed by atoms with E-state index >= 15 is 0 Å². The number of benzene rings is 1. The third-order valence-corrected chi connectivity index (χ3v) is 2.89. The molecule has 1 aromatic carbocycles. The third-order valence-electron chi connectivity index (χ3n) is 2.89. The lowest BCUT2D eigenvalue weighted by molar-refractivity contribution is -0.274. The number of carbonyl (C=O) groups excluding carboxylic acids is 1. The first kappa shape index (κ1) is 14.6. The minimum atomic E-state index is -4.77. The van der Waals surface area contributed by atoms with Gasteiger partial charge in [-0.05, 0) is 18.2 Å². The zero-order valence-corrected chi connectivity index (χ0v) is 10.7. The number of hydrogen-bond donors (Lipinski definition) is 0. The molecule has 1 aliphatic rings. The minimum absolute atomic E-state index is 0.00504. The molecular formula is C13H13F3O4. The standard InChI is InChI=1S/C13H13F3O4/c1-18-11-3-2-9(20-13(14,15)16)7-10(11)12-6-8(17)4-5-19-12/h2-3,7,12H,4-6H2,1H3. The van der Waals surface area contributed by atoms with E-state index in [0.29, 0.717) is 17.7 Å². The summed E-state index contributed by atoms with van der Waals surface area (Å²) in [6.45, 7) is 0.247. The van der Waals surface area contributed by atoms with Gasteiger partial charge in [-0.1, -0.05) is 0 Å². The van der Waals surface area contributed by atoms with Crippen LogP contribution in [0.5, 0.6) is 11.5 Å². The van der Waals surface area contributed by atoms with E-state index < -0.39 is 12.5 Å². The molecule has 20 heavy (non-hydrogen) atoms. The predicted octanol–water partition coefficient (Wildman–Crippen LogP) is 3.01. The first-order valence-electron chi connectivity index (χ1n) is 5.96. The summed E-state index contributed by atoms with van der Waals surface area (Å²) in [5.74, 6) is -0.000377. The van der Waals surface area contributed by atoms with E-state index in [-0.39, 0.29) is 24.6 Å². The molecule has 1 saturated heterocycles. The Hall–Kier alpha value is -1.76. The topological polar surface area (TPSA) is 44.8 Å². The van der Waals surface area contributed by atoms with Crippen molar-refractivity contribution in [2.45, 2.75) is 25.3 Å². The van der Waals surface area contributed by atoms with Crippen molar-refractivity contribution in [1.29, 1.82) is 0 Å². The molecule has 0 radical (unpaired) electrons. The fourth-order valence-electron chi connectivity index (χ4n) is 2.04. The lowest BCUT2D eigenvalue weighted by Gasteiger charge is -2.24. The maximum Gasteiger partial charge on any atom is 0.573 e. The van der Waals surface area contributed by atoms with Crippen molar-refractivity contribution >= 4 is 5.78 Å². The van der Waals surface area contributed by atoms with Crippen molar-refractivity contribution in [3.63, 3.8) is 0 Å². The van der Waals surface area contributed by atoms with Gasteiger partial charge in [0.2, 0.25) is 0 Å². The fourth-order valence-corrected chi connectivity index (χ4v) is 2.04. The van der Waals surface area contributed by atoms with E-state index in [1.54, 1.807) is 0 Å². The first-order valence-corrected chi connectivity index (χ1v) is 5.96. The maximum absolute atomic E-state index is 12.2. The molecule has 4 nitrogen and oxygen atoms in total. The van der Waals surface area contributed by atoms with Crippen LogP contribution in [0.4, 0.5) is 13.2 Å². The van der Waals surface area contributed by atoms with Crippen LogP contribution in [0.2, 0.25) is 0 Å². The molecule has 1 fully saturated rings. The number of ketones is 1. The van der Waals surface area contributed by atoms with Crippen molar-refractivity contribution in [2.24, 2.45) is 0 Å². The second-order valence-corrected chi connectivity index (χ2v) is 4.30. The minimum Gasteiger partial charge on any atom is -0.496 e. The number of Topliss-reactive ketones (excluding diaryl/α,β-unsaturated/α-hetero) is 1. The summed E-state index contributed by atoms with van der Waals surface area (Å²) < 4.78 is 51.0. The van der Waals surface area contributed by atoms with Crippen LogP contribution >= 0.6 is 0 Å². The number of methoxy groups -OCH3 is 1. The summed E-state index contributed by atoms with van der Waals surface area (Å²) in [6.07, 6.45) is -4.94. The zero-order chi connectivity index (χ0) is 14.8. The number of hydrogen-bond acceptors (Lipinski definition) is 4. The molecule has 0 spiro atoms. The van der Waals surface area contributed by atoms with Crippen LogP contribution < -0.4 is 9.47 Å². The van der Waals surface area contributed by atoms with E-state index in [9.17, 15) is 18.0 Å². The Morgan fingerprint density at radius 3 is 2.70 bits per heavy atom. The van der Waals surface area contributed by atoms with Crippen molar-refractivity contribution < 1.29 is 32.2 Å². The van der Waals surface area contributed by atoms with E-state index in [1.807, 2.05) is 0 Å². The average molecular weight is 290 g/mol. The van der Waals surface area contributed by atoms with Crippen LogP contribution in [0.1, 0.15) is 24.5 Å². The van der Waals surface area contributed by atoms with Crippen LogP contribution in [0.3, 0.4) is 0 Å². The lowest BCUT2D eigenvalue weighted by atomic mass is 9.99. The second kappa shape index (κ2) is 5.70. The van der Waals surface area contributed by atoms with Gasteiger partial charge in [-0.2, -0.15) is 0 Å². The van der Waals surface area contributed by atoms with Gasteiger partial charge in [-0.25, -0.2) is 0 Å². The molecule has 110 valence electrons. The molecule has 1 unspecified atom stereocenters. The molecule has 1 aliphatic heterocycles. The van der Waals surface area contributed by atoms with Gasteiger partial charge in [0.15, 0.2) is 0 Å². The van der Waals surface area contributed by atoms with Gasteiger partial charge >= 0.3 is 6.36 Å². The third kappa shape index (κ3) is 3.63. The summed E-state index contributed by atoms with van der Waals surface area (Å²) in [7, 11) is 1.40. The monoisotopic (exact) mass is 290 g/mol. The van der Waals surface area contributed by atoms with Crippen molar-refractivity contribution in [1.82, 2.24) is 0 Å². The lowest BCUT2D eigenvalue weighted by Crippen LogP contribution is -2.21. The van der Waals surface area contributed by atoms with Crippen LogP contribution in [-0.4, -0.2) is 25.9 Å². The summed E-state index contributed by atoms with van der Waals surface area (Å²) >= 11 is 0. The van der Waals surface area contributed by atoms with Gasteiger partial charge in [0.25, 0.3) is 0 Å². The summed E-state index contributed by atoms with van der Waals surface area (Å²) in [6, 6.07) is 3.70. The van der Waals surface area contributed by atoms with Crippen molar-refractivity contribution in [2.75, 3.05) is 13.7 Å². The van der Waals surface area contributed by atoms with E-state index in [1.165, 1.54) is 19.2 Å². The first-order chi connectivity index (χ1) is 9.39. The van der Waals surface area contributed by atoms with Gasteiger partial charge in [0.05, 0.1) is 19.8 Å². The SMILES string of the molecule is COc1ccc(OC(F)(F)F)cc1C1CC(=O)CCO1. The van der Waals surface area contributed by atoms with Gasteiger partial charge in [0.1, 0.15) is 17.3 Å². The molecule has 0 N–H and O–H groups in total. The smallest absolute Gasteiger partial charge is 0.496 e. The molecule has 0 aromatic heterocycles. The Morgan fingerprint density at radius 1 is 1.35 bits per heavy atom. The zero-order valence-electron chi connectivity index (χ0n) is 10.7. The van der Waals surface area contributed by atoms with Gasteiger partial charge < -0.3 is 14.2 Å². The molecular weight excluding hydrogens is 277 g/mol. The molecule has 2 rings (SSSR count). The number of alkyl halides is 3. The normalized spacial score (nSPS) is 19.8. The highest BCUT2D eigenvalue weighted by Crippen LogP contribution is 2.36. The molecule has 0 saturated carbocycles. The maximum atomic E-state index is 12.2. The summed E-state index contributed by atoms with van der Waals surface area (Å²) in [5, 5.41) is 0. The Bertz CT molecular complexity index is 499. The Morgan fingerprint density at radius 2 is 2.10 bits per heavy atom. The van der Waals surface area contributed by atoms with Gasteiger partial charge in [0, 0.05) is 18.4 Å². The predicted molar refractivity (Wildman–Crippen MR) is 62.6 cm³/mol. The highest BCUT2D eigenvalue weighted by Gasteiger charge is 2.32. The van der Waals surface area contributed by atoms with Crippen molar-refractivity contribution in [3.05, 3.63) is 23.8 Å². The fraction of sp³-hybridized carbons (Fsp3) is 0.462. The van der Waals surface area contributed by atoms with E-state index in [0.717, 1.165) is 6.07 Å². The Balaban J connectivity index is 2.28. The highest BCUT2D eigenvalue weighted by atomic mass is 19.4. The number of carbonyl (C=O) groups is 1. The second-order valence-electron chi connectivity index (χ2n) is 4.30. The molecule has 1 heterocycles. The summed E-state index contributed by atoms with van der Waals surface area (Å²) in [5.41, 5.74) is 0.377. The largest absolute Gasteiger partial charge is 0.573 e. The molecule has 0 bridgehead atoms. The van der Waals surface area contributed by atoms with Crippen LogP contribution in [-0.2, 0) is 9.53 Å². The van der Waals surface area contributed by atoms with Gasteiger partial charge in [-0.3, -0.25) is 4.79 Å². The molecule has 1 atom stereocenters. The number of rotatable bonds is 3. The number of halogens is 3. The molecule has 0 amide bonds. The van der Waals surface area contributed by atoms with Crippen LogP contribution in [0, 0.1) is 0 Å². The Labute approximate surface area is 113 Å². The molecule has 1 aromatic rings. The number of ether oxygens (including phenoxy) is 3. The molecule has 7 heteroatoms. The van der Waals surface area contributed by atoms with Crippen molar-refractivity contribution in [3.8, 4) is 11.5 Å². The average Bonchev–Trinajstić information content (AvgIpc) is 2.37. The highest BCUT2D eigenvalue weighted by molar-refractivity contribution is 5.80. The quantitative estimate of drug-likeness (QED) is 0.858. The van der Waals surface area contributed by atoms with Crippen LogP contribution in [0.15, 0.2) is 18.2 Å². The van der Waals surface area contributed by atoms with Gasteiger partial charge in [-0.15, -0.1) is 13.2 Å². The van der Waals surface area contributed by atoms with Crippen LogP contribution in [0.25, 0.3) is 0 Å². The molecule has 0 aliphatic carbocycles. The summed E-state index contributed by atoms with van der Waals surface area (Å²) in [4.78, 5) is 11.4. The van der Waals surface area contributed by atoms with E-state index in [2.05, 4.69) is 4.74 Å². The van der Waals surface area contributed by atoms with E-state index in [4.69, 9.17) is 9.47 Å². The Kier molecular flexibility index (Phi) is 4.17.